The van der Waals surface area contributed by atoms with E-state index in [4.69, 9.17) is 0 Å². The molecule has 0 aliphatic heterocycles. The van der Waals surface area contributed by atoms with Crippen molar-refractivity contribution in [1.29, 1.82) is 0 Å². The molecule has 0 bridgehead atoms. The molecule has 0 saturated heterocycles. The largest absolute Gasteiger partial charge is 0.468 e. The van der Waals surface area contributed by atoms with Gasteiger partial charge in [-0.3, -0.25) is 5.32 Å². The zero-order valence-corrected chi connectivity index (χ0v) is 10.3. The van der Waals surface area contributed by atoms with Crippen LogP contribution in [0.3, 0.4) is 0 Å². The Balaban J connectivity index is 3.22. The van der Waals surface area contributed by atoms with E-state index in [2.05, 4.69) is 16.6 Å². The molecule has 1 unspecified atom stereocenters. The summed E-state index contributed by atoms with van der Waals surface area (Å²) in [4.78, 5) is 11.6. The summed E-state index contributed by atoms with van der Waals surface area (Å²) in [6.45, 7) is 3.63. The van der Waals surface area contributed by atoms with Gasteiger partial charge in [-0.2, -0.15) is 13.2 Å². The minimum absolute atomic E-state index is 0.163. The number of hydrogen-bond donors (Lipinski definition) is 1. The summed E-state index contributed by atoms with van der Waals surface area (Å²) < 4.78 is 43.2. The summed E-state index contributed by atoms with van der Waals surface area (Å²) >= 11 is 0. The lowest BCUT2D eigenvalue weighted by Gasteiger charge is -2.20. The number of esters is 1. The average Bonchev–Trinajstić information content (AvgIpc) is 2.38. The van der Waals surface area contributed by atoms with Crippen LogP contribution in [0.2, 0.25) is 0 Å². The molecule has 1 atom stereocenters. The Hall–Kier alpha value is -1.82. The Morgan fingerprint density at radius 2 is 2.11 bits per heavy atom. The molecule has 0 radical (unpaired) electrons. The maximum atomic E-state index is 12.9. The van der Waals surface area contributed by atoms with Crippen LogP contribution < -0.4 is 5.32 Å². The fraction of sp³-hybridized carbons (Fsp3) is 0.308. The number of ether oxygens (including phenoxy) is 1. The zero-order chi connectivity index (χ0) is 14.5. The summed E-state index contributed by atoms with van der Waals surface area (Å²) in [7, 11) is 1.13. The standard InChI is InChI=1S/C13H14F3NO2/c1-3-8-17-11(12(18)19-2)9-6-4-5-7-10(9)13(14,15)16/h3-7,11,17H,1,8H2,2H3. The van der Waals surface area contributed by atoms with Gasteiger partial charge in [-0.15, -0.1) is 6.58 Å². The Morgan fingerprint density at radius 3 is 2.63 bits per heavy atom. The lowest BCUT2D eigenvalue weighted by molar-refractivity contribution is -0.144. The van der Waals surface area contributed by atoms with Crippen molar-refractivity contribution in [3.63, 3.8) is 0 Å². The zero-order valence-electron chi connectivity index (χ0n) is 10.3. The molecule has 3 nitrogen and oxygen atoms in total. The monoisotopic (exact) mass is 273 g/mol. The molecular formula is C13H14F3NO2. The number of alkyl halides is 3. The van der Waals surface area contributed by atoms with Crippen molar-refractivity contribution in [3.8, 4) is 0 Å². The number of hydrogen-bond acceptors (Lipinski definition) is 3. The Kier molecular flexibility index (Phi) is 5.11. The van der Waals surface area contributed by atoms with Gasteiger partial charge in [0, 0.05) is 6.54 Å². The van der Waals surface area contributed by atoms with E-state index in [1.807, 2.05) is 0 Å². The highest BCUT2D eigenvalue weighted by atomic mass is 19.4. The lowest BCUT2D eigenvalue weighted by Crippen LogP contribution is -2.31. The van der Waals surface area contributed by atoms with E-state index in [0.717, 1.165) is 13.2 Å². The Bertz CT molecular complexity index is 457. The van der Waals surface area contributed by atoms with Crippen molar-refractivity contribution in [2.75, 3.05) is 13.7 Å². The molecule has 19 heavy (non-hydrogen) atoms. The van der Waals surface area contributed by atoms with E-state index in [9.17, 15) is 18.0 Å². The van der Waals surface area contributed by atoms with Crippen LogP contribution in [0, 0.1) is 0 Å². The second-order valence-electron chi connectivity index (χ2n) is 3.74. The topological polar surface area (TPSA) is 38.3 Å². The number of nitrogens with one attached hydrogen (secondary N) is 1. The van der Waals surface area contributed by atoms with E-state index in [-0.39, 0.29) is 12.1 Å². The van der Waals surface area contributed by atoms with Gasteiger partial charge >= 0.3 is 12.1 Å². The van der Waals surface area contributed by atoms with Crippen molar-refractivity contribution >= 4 is 5.97 Å². The minimum atomic E-state index is -4.53. The van der Waals surface area contributed by atoms with Crippen molar-refractivity contribution in [2.45, 2.75) is 12.2 Å². The van der Waals surface area contributed by atoms with Crippen LogP contribution >= 0.6 is 0 Å². The molecule has 0 aromatic heterocycles. The van der Waals surface area contributed by atoms with Crippen LogP contribution in [-0.4, -0.2) is 19.6 Å². The normalized spacial score (nSPS) is 12.8. The van der Waals surface area contributed by atoms with Crippen LogP contribution in [0.5, 0.6) is 0 Å². The van der Waals surface area contributed by atoms with Gasteiger partial charge in [0.2, 0.25) is 0 Å². The van der Waals surface area contributed by atoms with Crippen molar-refractivity contribution in [1.82, 2.24) is 5.32 Å². The molecule has 1 N–H and O–H groups in total. The van der Waals surface area contributed by atoms with Gasteiger partial charge < -0.3 is 4.74 Å². The van der Waals surface area contributed by atoms with E-state index in [0.29, 0.717) is 0 Å². The van der Waals surface area contributed by atoms with Gasteiger partial charge in [0.05, 0.1) is 12.7 Å². The summed E-state index contributed by atoms with van der Waals surface area (Å²) in [5.41, 5.74) is -1.02. The molecule has 1 aromatic carbocycles. The highest BCUT2D eigenvalue weighted by Gasteiger charge is 2.36. The highest BCUT2D eigenvalue weighted by Crippen LogP contribution is 2.34. The molecular weight excluding hydrogens is 259 g/mol. The van der Waals surface area contributed by atoms with Crippen LogP contribution in [0.4, 0.5) is 13.2 Å². The molecule has 0 fully saturated rings. The third-order valence-corrected chi connectivity index (χ3v) is 2.48. The fourth-order valence-electron chi connectivity index (χ4n) is 1.65. The van der Waals surface area contributed by atoms with Gasteiger partial charge in [-0.25, -0.2) is 4.79 Å². The molecule has 0 amide bonds. The quantitative estimate of drug-likeness (QED) is 0.662. The summed E-state index contributed by atoms with van der Waals surface area (Å²) in [6.07, 6.45) is -3.08. The Labute approximate surface area is 109 Å². The number of carbonyl (C=O) groups excluding carboxylic acids is 1. The molecule has 104 valence electrons. The predicted molar refractivity (Wildman–Crippen MR) is 64.4 cm³/mol. The molecule has 0 aliphatic rings. The molecule has 1 rings (SSSR count). The smallest absolute Gasteiger partial charge is 0.416 e. The summed E-state index contributed by atoms with van der Waals surface area (Å²) in [5.74, 6) is -0.779. The van der Waals surface area contributed by atoms with Crippen molar-refractivity contribution < 1.29 is 22.7 Å². The lowest BCUT2D eigenvalue weighted by atomic mass is 10.00. The second-order valence-corrected chi connectivity index (χ2v) is 3.74. The van der Waals surface area contributed by atoms with Gasteiger partial charge in [-0.05, 0) is 11.6 Å². The predicted octanol–water partition coefficient (Wildman–Crippen LogP) is 2.70. The van der Waals surface area contributed by atoms with Gasteiger partial charge in [-0.1, -0.05) is 24.3 Å². The van der Waals surface area contributed by atoms with Crippen molar-refractivity contribution in [2.24, 2.45) is 0 Å². The SMILES string of the molecule is C=CCNC(C(=O)OC)c1ccccc1C(F)(F)F. The van der Waals surface area contributed by atoms with E-state index in [1.165, 1.54) is 24.3 Å². The maximum Gasteiger partial charge on any atom is 0.416 e. The maximum absolute atomic E-state index is 12.9. The number of halogens is 3. The molecule has 0 spiro atoms. The van der Waals surface area contributed by atoms with Crippen LogP contribution in [0.15, 0.2) is 36.9 Å². The molecule has 0 aliphatic carbocycles. The van der Waals surface area contributed by atoms with E-state index < -0.39 is 23.8 Å². The number of carbonyl (C=O) groups is 1. The fourth-order valence-corrected chi connectivity index (χ4v) is 1.65. The third kappa shape index (κ3) is 3.82. The second kappa shape index (κ2) is 6.38. The van der Waals surface area contributed by atoms with E-state index in [1.54, 1.807) is 0 Å². The summed E-state index contributed by atoms with van der Waals surface area (Å²) in [5, 5.41) is 2.66. The average molecular weight is 273 g/mol. The minimum Gasteiger partial charge on any atom is -0.468 e. The van der Waals surface area contributed by atoms with E-state index >= 15 is 0 Å². The third-order valence-electron chi connectivity index (χ3n) is 2.48. The molecule has 0 heterocycles. The first-order valence-corrected chi connectivity index (χ1v) is 5.50. The van der Waals surface area contributed by atoms with Gasteiger partial charge in [0.15, 0.2) is 0 Å². The first-order valence-electron chi connectivity index (χ1n) is 5.50. The Morgan fingerprint density at radius 1 is 1.47 bits per heavy atom. The van der Waals surface area contributed by atoms with Crippen LogP contribution in [0.25, 0.3) is 0 Å². The van der Waals surface area contributed by atoms with Crippen molar-refractivity contribution in [3.05, 3.63) is 48.0 Å². The summed E-state index contributed by atoms with van der Waals surface area (Å²) in [6, 6.07) is 3.71. The molecule has 1 aromatic rings. The van der Waals surface area contributed by atoms with Crippen LogP contribution in [0.1, 0.15) is 17.2 Å². The first-order chi connectivity index (χ1) is 8.91. The highest BCUT2D eigenvalue weighted by molar-refractivity contribution is 5.78. The molecule has 0 saturated carbocycles. The van der Waals surface area contributed by atoms with Gasteiger partial charge in [0.25, 0.3) is 0 Å². The molecule has 6 heteroatoms. The van der Waals surface area contributed by atoms with Crippen LogP contribution in [-0.2, 0) is 15.7 Å². The first kappa shape index (κ1) is 15.2. The van der Waals surface area contributed by atoms with Gasteiger partial charge in [0.1, 0.15) is 6.04 Å². The number of benzene rings is 1. The number of methoxy groups -OCH3 is 1. The number of rotatable bonds is 5.